The Hall–Kier alpha value is -4.96. The van der Waals surface area contributed by atoms with Crippen molar-refractivity contribution in [1.82, 2.24) is 4.57 Å². The second-order valence-corrected chi connectivity index (χ2v) is 9.92. The monoisotopic (exact) mass is 554 g/mol. The minimum Gasteiger partial charge on any atom is -0.546 e. The van der Waals surface area contributed by atoms with Crippen LogP contribution < -0.4 is 34.8 Å². The molecule has 1 aromatic heterocycles. The van der Waals surface area contributed by atoms with E-state index in [1.807, 2.05) is 36.4 Å². The van der Waals surface area contributed by atoms with Gasteiger partial charge in [0.15, 0.2) is 4.80 Å². The largest absolute Gasteiger partial charge is 0.546 e. The maximum Gasteiger partial charge on any atom is 0.271 e. The number of fused-ring (bicyclic) bond motifs is 1. The Morgan fingerprint density at radius 2 is 1.80 bits per heavy atom. The van der Waals surface area contributed by atoms with E-state index in [1.165, 1.54) is 15.9 Å². The minimum absolute atomic E-state index is 0.300. The van der Waals surface area contributed by atoms with Gasteiger partial charge in [0.1, 0.15) is 18.1 Å². The minimum atomic E-state index is -1.32. The van der Waals surface area contributed by atoms with Crippen LogP contribution >= 0.6 is 11.3 Å². The first-order valence-electron chi connectivity index (χ1n) is 12.3. The van der Waals surface area contributed by atoms with Gasteiger partial charge >= 0.3 is 0 Å². The summed E-state index contributed by atoms with van der Waals surface area (Å²) in [6.07, 6.45) is 1.72. The number of carboxylic acid groups (broad SMARTS) is 1. The molecule has 0 unspecified atom stereocenters. The van der Waals surface area contributed by atoms with Gasteiger partial charge in [0.05, 0.1) is 34.9 Å². The van der Waals surface area contributed by atoms with Crippen molar-refractivity contribution in [3.8, 4) is 11.5 Å². The average molecular weight is 555 g/mol. The fourth-order valence-electron chi connectivity index (χ4n) is 4.41. The molecule has 202 valence electrons. The second kappa shape index (κ2) is 11.4. The number of allylic oxidation sites excluding steroid dienone is 1. The zero-order valence-electron chi connectivity index (χ0n) is 21.6. The summed E-state index contributed by atoms with van der Waals surface area (Å²) < 4.78 is 12.5. The van der Waals surface area contributed by atoms with Gasteiger partial charge in [-0.1, -0.05) is 53.8 Å². The summed E-state index contributed by atoms with van der Waals surface area (Å²) >= 11 is 1.22. The average Bonchev–Trinajstić information content (AvgIpc) is 3.26. The molecule has 4 aromatic rings. The summed E-state index contributed by atoms with van der Waals surface area (Å²) in [5.74, 6) is -0.715. The Morgan fingerprint density at radius 1 is 1.05 bits per heavy atom. The number of carbonyl (C=O) groups excluding carboxylic acids is 2. The fourth-order valence-corrected chi connectivity index (χ4v) is 5.46. The SMILES string of the molecule is COc1cccc([C@@H]2C(C(=O)Nc3ccccc3)=C(C)N=c3s/c(=C\c4ccc(OCC(=O)[O-])cc4)c(=O)n32)c1. The number of carbonyl (C=O) groups is 2. The molecule has 1 aliphatic heterocycles. The molecule has 0 aliphatic carbocycles. The Kier molecular flexibility index (Phi) is 7.61. The number of methoxy groups -OCH3 is 1. The number of aliphatic carboxylic acids is 1. The summed E-state index contributed by atoms with van der Waals surface area (Å²) in [6, 6.07) is 22.3. The van der Waals surface area contributed by atoms with E-state index in [2.05, 4.69) is 10.3 Å². The van der Waals surface area contributed by atoms with E-state index in [0.717, 1.165) is 0 Å². The summed E-state index contributed by atoms with van der Waals surface area (Å²) in [4.78, 5) is 43.2. The number of amides is 1. The molecule has 1 aliphatic rings. The van der Waals surface area contributed by atoms with Crippen molar-refractivity contribution in [1.29, 1.82) is 0 Å². The van der Waals surface area contributed by atoms with Crippen molar-refractivity contribution in [2.45, 2.75) is 13.0 Å². The van der Waals surface area contributed by atoms with E-state index in [9.17, 15) is 19.5 Å². The highest BCUT2D eigenvalue weighted by Gasteiger charge is 2.32. The van der Waals surface area contributed by atoms with Gasteiger partial charge in [0, 0.05) is 5.69 Å². The molecule has 9 nitrogen and oxygen atoms in total. The molecule has 0 fully saturated rings. The molecule has 10 heteroatoms. The molecule has 40 heavy (non-hydrogen) atoms. The van der Waals surface area contributed by atoms with Crippen LogP contribution in [0.25, 0.3) is 6.08 Å². The van der Waals surface area contributed by atoms with Crippen molar-refractivity contribution in [2.75, 3.05) is 19.0 Å². The predicted molar refractivity (Wildman–Crippen MR) is 149 cm³/mol. The molecule has 0 spiro atoms. The molecule has 1 amide bonds. The van der Waals surface area contributed by atoms with Gasteiger partial charge in [-0.25, -0.2) is 4.99 Å². The normalized spacial score (nSPS) is 14.8. The lowest BCUT2D eigenvalue weighted by atomic mass is 9.95. The standard InChI is InChI=1S/C30H25N3O6S/c1-18-26(28(36)32-21-8-4-3-5-9-21)27(20-7-6-10-23(16-20)38-2)33-29(37)24(40-30(33)31-18)15-19-11-13-22(14-12-19)39-17-25(34)35/h3-16,27H,17H2,1-2H3,(H,32,36)(H,34,35)/p-1/b24-15-/t27-/m1/s1. The topological polar surface area (TPSA) is 122 Å². The molecule has 1 N–H and O–H groups in total. The number of thiazole rings is 1. The molecule has 0 saturated heterocycles. The van der Waals surface area contributed by atoms with Crippen LogP contribution in [0.3, 0.4) is 0 Å². The van der Waals surface area contributed by atoms with E-state index in [-0.39, 0.29) is 11.5 Å². The Morgan fingerprint density at radius 3 is 2.50 bits per heavy atom. The number of hydrogen-bond donors (Lipinski definition) is 1. The van der Waals surface area contributed by atoms with Crippen LogP contribution in [-0.2, 0) is 9.59 Å². The van der Waals surface area contributed by atoms with Crippen LogP contribution in [0.5, 0.6) is 11.5 Å². The quantitative estimate of drug-likeness (QED) is 0.356. The molecule has 0 radical (unpaired) electrons. The zero-order chi connectivity index (χ0) is 28.2. The van der Waals surface area contributed by atoms with Crippen LogP contribution in [-0.4, -0.2) is 30.2 Å². The molecule has 0 saturated carbocycles. The Bertz CT molecular complexity index is 1790. The summed E-state index contributed by atoms with van der Waals surface area (Å²) in [6.45, 7) is 1.21. The maximum atomic E-state index is 13.8. The van der Waals surface area contributed by atoms with E-state index in [4.69, 9.17) is 9.47 Å². The van der Waals surface area contributed by atoms with Crippen molar-refractivity contribution in [2.24, 2.45) is 4.99 Å². The number of nitrogens with zero attached hydrogens (tertiary/aromatic N) is 2. The molecule has 1 atom stereocenters. The van der Waals surface area contributed by atoms with Crippen molar-refractivity contribution in [3.63, 3.8) is 0 Å². The van der Waals surface area contributed by atoms with Crippen LogP contribution in [0.4, 0.5) is 5.69 Å². The number of rotatable bonds is 8. The van der Waals surface area contributed by atoms with Gasteiger partial charge in [0.25, 0.3) is 11.5 Å². The van der Waals surface area contributed by atoms with Crippen molar-refractivity contribution >= 4 is 35.0 Å². The third kappa shape index (κ3) is 5.57. The van der Waals surface area contributed by atoms with Crippen LogP contribution in [0.1, 0.15) is 24.1 Å². The van der Waals surface area contributed by atoms with Gasteiger partial charge in [-0.15, -0.1) is 0 Å². The molecular weight excluding hydrogens is 530 g/mol. The number of ether oxygens (including phenoxy) is 2. The first-order valence-corrected chi connectivity index (χ1v) is 13.1. The van der Waals surface area contributed by atoms with Gasteiger partial charge in [-0.05, 0) is 60.5 Å². The van der Waals surface area contributed by atoms with Crippen molar-refractivity contribution in [3.05, 3.63) is 121 Å². The Balaban J connectivity index is 1.59. The van der Waals surface area contributed by atoms with Crippen LogP contribution in [0, 0.1) is 0 Å². The lowest BCUT2D eigenvalue weighted by molar-refractivity contribution is -0.307. The van der Waals surface area contributed by atoms with Crippen LogP contribution in [0.15, 0.2) is 99.9 Å². The molecule has 0 bridgehead atoms. The number of anilines is 1. The number of para-hydroxylation sites is 1. The Labute approximate surface area is 233 Å². The highest BCUT2D eigenvalue weighted by atomic mass is 32.1. The number of nitrogens with one attached hydrogen (secondary N) is 1. The molecular formula is C30H24N3O6S-. The van der Waals surface area contributed by atoms with Gasteiger partial charge in [0.2, 0.25) is 0 Å². The first kappa shape index (κ1) is 26.6. The van der Waals surface area contributed by atoms with E-state index in [0.29, 0.717) is 48.9 Å². The molecule has 5 rings (SSSR count). The van der Waals surface area contributed by atoms with Gasteiger partial charge in [-0.3, -0.25) is 14.2 Å². The highest BCUT2D eigenvalue weighted by molar-refractivity contribution is 7.07. The zero-order valence-corrected chi connectivity index (χ0v) is 22.4. The lowest BCUT2D eigenvalue weighted by Crippen LogP contribution is -2.40. The van der Waals surface area contributed by atoms with E-state index < -0.39 is 18.6 Å². The van der Waals surface area contributed by atoms with E-state index in [1.54, 1.807) is 62.6 Å². The number of benzene rings is 3. The molecule has 3 aromatic carbocycles. The van der Waals surface area contributed by atoms with Gasteiger partial charge < -0.3 is 24.7 Å². The third-order valence-electron chi connectivity index (χ3n) is 6.24. The highest BCUT2D eigenvalue weighted by Crippen LogP contribution is 2.32. The first-order chi connectivity index (χ1) is 19.3. The predicted octanol–water partition coefficient (Wildman–Crippen LogP) is 2.01. The summed E-state index contributed by atoms with van der Waals surface area (Å²) in [5.41, 5.74) is 2.60. The van der Waals surface area contributed by atoms with E-state index >= 15 is 0 Å². The summed E-state index contributed by atoms with van der Waals surface area (Å²) in [7, 11) is 1.56. The molecule has 2 heterocycles. The third-order valence-corrected chi connectivity index (χ3v) is 7.22. The van der Waals surface area contributed by atoms with Crippen molar-refractivity contribution < 1.29 is 24.2 Å². The summed E-state index contributed by atoms with van der Waals surface area (Å²) in [5, 5.41) is 13.6. The lowest BCUT2D eigenvalue weighted by Gasteiger charge is -2.25. The number of aromatic nitrogens is 1. The van der Waals surface area contributed by atoms with Crippen LogP contribution in [0.2, 0.25) is 0 Å². The smallest absolute Gasteiger partial charge is 0.271 e. The maximum absolute atomic E-state index is 13.8. The fraction of sp³-hybridized carbons (Fsp3) is 0.133. The second-order valence-electron chi connectivity index (χ2n) is 8.91. The number of hydrogen-bond acceptors (Lipinski definition) is 8. The number of carboxylic acids is 1. The van der Waals surface area contributed by atoms with Gasteiger partial charge in [-0.2, -0.15) is 0 Å².